The number of benzene rings is 5. The van der Waals surface area contributed by atoms with Gasteiger partial charge in [-0.25, -0.2) is 0 Å². The molecule has 4 nitrogen and oxygen atoms in total. The van der Waals surface area contributed by atoms with Crippen molar-refractivity contribution in [1.82, 2.24) is 4.90 Å². The van der Waals surface area contributed by atoms with E-state index in [0.717, 1.165) is 38.9 Å². The quantitative estimate of drug-likeness (QED) is 0.209. The van der Waals surface area contributed by atoms with Crippen LogP contribution in [0.15, 0.2) is 140 Å². The van der Waals surface area contributed by atoms with Gasteiger partial charge < -0.3 is 4.74 Å². The van der Waals surface area contributed by atoms with Gasteiger partial charge in [-0.1, -0.05) is 140 Å². The van der Waals surface area contributed by atoms with Crippen molar-refractivity contribution in [2.24, 2.45) is 5.92 Å². The molecule has 1 unspecified atom stereocenters. The van der Waals surface area contributed by atoms with Crippen molar-refractivity contribution in [1.29, 1.82) is 0 Å². The predicted octanol–water partition coefficient (Wildman–Crippen LogP) is 6.81. The number of esters is 1. The van der Waals surface area contributed by atoms with Crippen molar-refractivity contribution >= 4 is 11.8 Å². The maximum absolute atomic E-state index is 14.3. The molecular formula is C38H31NO3. The number of fused-ring (bicyclic) bond motifs is 3. The smallest absolute Gasteiger partial charge is 0.324 e. The normalized spacial score (nSPS) is 18.8. The van der Waals surface area contributed by atoms with Gasteiger partial charge in [0.2, 0.25) is 0 Å². The number of ether oxygens (including phenoxy) is 1. The molecule has 0 N–H and O–H groups in total. The zero-order chi connectivity index (χ0) is 28.5. The molecule has 0 saturated carbocycles. The maximum atomic E-state index is 14.3. The summed E-state index contributed by atoms with van der Waals surface area (Å²) < 4.78 is 6.04. The molecule has 2 atom stereocenters. The van der Waals surface area contributed by atoms with Crippen LogP contribution in [0.4, 0.5) is 0 Å². The lowest BCUT2D eigenvalue weighted by molar-refractivity contribution is -0.153. The Morgan fingerprint density at radius 2 is 1.17 bits per heavy atom. The van der Waals surface area contributed by atoms with Crippen molar-refractivity contribution in [3.8, 4) is 11.1 Å². The van der Waals surface area contributed by atoms with Gasteiger partial charge in [0, 0.05) is 5.92 Å². The van der Waals surface area contributed by atoms with Gasteiger partial charge >= 0.3 is 5.97 Å². The van der Waals surface area contributed by atoms with Gasteiger partial charge in [0.25, 0.3) is 0 Å². The SMILES string of the molecule is O=C1CN(C2(c3ccccc3)c3ccccc3-c3ccccc32)[C@H](C(=O)OCc2ccccc2)C1Cc1ccccc1. The Kier molecular flexibility index (Phi) is 6.77. The molecule has 1 saturated heterocycles. The van der Waals surface area contributed by atoms with Gasteiger partial charge in [-0.15, -0.1) is 0 Å². The fourth-order valence-electron chi connectivity index (χ4n) is 6.98. The van der Waals surface area contributed by atoms with Crippen LogP contribution < -0.4 is 0 Å². The molecule has 1 aliphatic heterocycles. The summed E-state index contributed by atoms with van der Waals surface area (Å²) in [6, 6.07) is 45.9. The molecular weight excluding hydrogens is 518 g/mol. The minimum Gasteiger partial charge on any atom is -0.460 e. The first-order valence-electron chi connectivity index (χ1n) is 14.5. The van der Waals surface area contributed by atoms with Crippen LogP contribution in [0.25, 0.3) is 11.1 Å². The van der Waals surface area contributed by atoms with Gasteiger partial charge in [-0.3, -0.25) is 14.5 Å². The Balaban J connectivity index is 1.41. The van der Waals surface area contributed by atoms with Crippen LogP contribution in [0.1, 0.15) is 27.8 Å². The molecule has 206 valence electrons. The molecule has 5 aromatic rings. The molecule has 1 heterocycles. The van der Waals surface area contributed by atoms with E-state index in [1.807, 2.05) is 91.0 Å². The van der Waals surface area contributed by atoms with E-state index in [0.29, 0.717) is 6.42 Å². The minimum atomic E-state index is -0.841. The summed E-state index contributed by atoms with van der Waals surface area (Å²) in [4.78, 5) is 30.5. The molecule has 2 aliphatic rings. The highest BCUT2D eigenvalue weighted by molar-refractivity contribution is 5.95. The number of nitrogens with zero attached hydrogens (tertiary/aromatic N) is 1. The lowest BCUT2D eigenvalue weighted by Crippen LogP contribution is -2.53. The van der Waals surface area contributed by atoms with E-state index < -0.39 is 17.5 Å². The van der Waals surface area contributed by atoms with E-state index in [9.17, 15) is 9.59 Å². The Morgan fingerprint density at radius 1 is 0.667 bits per heavy atom. The van der Waals surface area contributed by atoms with Crippen LogP contribution in [0.2, 0.25) is 0 Å². The van der Waals surface area contributed by atoms with Crippen LogP contribution in [0.5, 0.6) is 0 Å². The molecule has 0 amide bonds. The lowest BCUT2D eigenvalue weighted by Gasteiger charge is -2.44. The summed E-state index contributed by atoms with van der Waals surface area (Å²) in [7, 11) is 0. The Labute approximate surface area is 246 Å². The highest BCUT2D eigenvalue weighted by atomic mass is 16.5. The number of carbonyl (C=O) groups excluding carboxylic acids is 2. The van der Waals surface area contributed by atoms with Gasteiger partial charge in [0.15, 0.2) is 5.78 Å². The van der Waals surface area contributed by atoms with Gasteiger partial charge in [0.05, 0.1) is 12.1 Å². The number of hydrogen-bond acceptors (Lipinski definition) is 4. The van der Waals surface area contributed by atoms with Crippen molar-refractivity contribution in [3.05, 3.63) is 167 Å². The standard InChI is InChI=1S/C38H31NO3/c40-35-25-39(36(32(35)24-27-14-4-1-5-15-27)37(41)42-26-28-16-6-2-7-17-28)38(29-18-8-3-9-19-29)33-22-12-10-20-30(33)31-21-11-13-23-34(31)38/h1-23,32,36H,24-26H2/t32?,36-/m0/s1. The molecule has 42 heavy (non-hydrogen) atoms. The van der Waals surface area contributed by atoms with Crippen LogP contribution in [-0.2, 0) is 32.9 Å². The van der Waals surface area contributed by atoms with Crippen molar-refractivity contribution < 1.29 is 14.3 Å². The van der Waals surface area contributed by atoms with Crippen LogP contribution in [0.3, 0.4) is 0 Å². The summed E-state index contributed by atoms with van der Waals surface area (Å²) in [6.45, 7) is 0.294. The second-order valence-corrected chi connectivity index (χ2v) is 11.1. The molecule has 0 aromatic heterocycles. The van der Waals surface area contributed by atoms with E-state index in [2.05, 4.69) is 53.4 Å². The Morgan fingerprint density at radius 3 is 1.76 bits per heavy atom. The predicted molar refractivity (Wildman–Crippen MR) is 164 cm³/mol. The molecule has 4 heteroatoms. The van der Waals surface area contributed by atoms with Crippen molar-refractivity contribution in [2.45, 2.75) is 24.6 Å². The van der Waals surface area contributed by atoms with Crippen molar-refractivity contribution in [3.63, 3.8) is 0 Å². The largest absolute Gasteiger partial charge is 0.460 e. The second kappa shape index (κ2) is 10.9. The molecule has 1 aliphatic carbocycles. The first kappa shape index (κ1) is 26.1. The van der Waals surface area contributed by atoms with Crippen LogP contribution in [0, 0.1) is 5.92 Å². The monoisotopic (exact) mass is 549 g/mol. The highest BCUT2D eigenvalue weighted by Crippen LogP contribution is 2.56. The van der Waals surface area contributed by atoms with Gasteiger partial charge in [0.1, 0.15) is 12.6 Å². The first-order chi connectivity index (χ1) is 20.7. The lowest BCUT2D eigenvalue weighted by atomic mass is 9.78. The number of carbonyl (C=O) groups is 2. The third-order valence-electron chi connectivity index (χ3n) is 8.77. The number of likely N-dealkylation sites (tertiary alicyclic amines) is 1. The van der Waals surface area contributed by atoms with Crippen molar-refractivity contribution in [2.75, 3.05) is 6.54 Å². The van der Waals surface area contributed by atoms with E-state index in [1.165, 1.54) is 0 Å². The average Bonchev–Trinajstić information content (AvgIpc) is 3.53. The number of rotatable bonds is 7. The van der Waals surface area contributed by atoms with Crippen LogP contribution in [-0.4, -0.2) is 29.2 Å². The molecule has 0 bridgehead atoms. The Hall–Kier alpha value is -4.80. The number of hydrogen-bond donors (Lipinski definition) is 0. The molecule has 1 fully saturated rings. The summed E-state index contributed by atoms with van der Waals surface area (Å²) in [5, 5.41) is 0. The number of Topliss-reactive ketones (excluding diaryl/α,β-unsaturated/α-hetero) is 1. The third kappa shape index (κ3) is 4.27. The summed E-state index contributed by atoms with van der Waals surface area (Å²) in [6.07, 6.45) is 0.468. The Bertz CT molecular complexity index is 1690. The molecule has 0 spiro atoms. The molecule has 7 rings (SSSR count). The second-order valence-electron chi connectivity index (χ2n) is 11.1. The average molecular weight is 550 g/mol. The zero-order valence-corrected chi connectivity index (χ0v) is 23.2. The van der Waals surface area contributed by atoms with E-state index in [4.69, 9.17) is 4.74 Å². The fraction of sp³-hybridized carbons (Fsp3) is 0.158. The van der Waals surface area contributed by atoms with E-state index in [1.54, 1.807) is 0 Å². The van der Waals surface area contributed by atoms with Gasteiger partial charge in [-0.05, 0) is 45.4 Å². The zero-order valence-electron chi connectivity index (χ0n) is 23.2. The van der Waals surface area contributed by atoms with Gasteiger partial charge in [-0.2, -0.15) is 0 Å². The minimum absolute atomic E-state index is 0.0534. The van der Waals surface area contributed by atoms with E-state index >= 15 is 0 Å². The summed E-state index contributed by atoms with van der Waals surface area (Å²) >= 11 is 0. The molecule has 0 radical (unpaired) electrons. The number of ketones is 1. The fourth-order valence-corrected chi connectivity index (χ4v) is 6.98. The highest BCUT2D eigenvalue weighted by Gasteiger charge is 2.58. The van der Waals surface area contributed by atoms with E-state index in [-0.39, 0.29) is 24.9 Å². The summed E-state index contributed by atoms with van der Waals surface area (Å²) in [5.74, 6) is -0.864. The molecule has 5 aromatic carbocycles. The third-order valence-corrected chi connectivity index (χ3v) is 8.77. The first-order valence-corrected chi connectivity index (χ1v) is 14.5. The topological polar surface area (TPSA) is 46.6 Å². The summed E-state index contributed by atoms with van der Waals surface area (Å²) in [5.41, 5.74) is 6.51. The van der Waals surface area contributed by atoms with Crippen LogP contribution >= 0.6 is 0 Å². The maximum Gasteiger partial charge on any atom is 0.324 e.